The molecule has 0 aliphatic rings. The molecule has 0 unspecified atom stereocenters. The van der Waals surface area contributed by atoms with Gasteiger partial charge in [0.25, 0.3) is 0 Å². The van der Waals surface area contributed by atoms with Crippen molar-refractivity contribution in [1.82, 2.24) is 4.90 Å². The quantitative estimate of drug-likeness (QED) is 0.136. The number of rotatable bonds is 25. The second-order valence-electron chi connectivity index (χ2n) is 9.51. The summed E-state index contributed by atoms with van der Waals surface area (Å²) in [6.07, 6.45) is 31.9. The number of hydrogen-bond acceptors (Lipinski definition) is 1. The van der Waals surface area contributed by atoms with Crippen LogP contribution in [0.25, 0.3) is 0 Å². The normalized spacial score (nSPS) is 11.6. The molecule has 0 aromatic carbocycles. The van der Waals surface area contributed by atoms with Crippen LogP contribution in [0.5, 0.6) is 0 Å². The molecule has 0 fully saturated rings. The lowest BCUT2D eigenvalue weighted by Gasteiger charge is -2.20. The summed E-state index contributed by atoms with van der Waals surface area (Å²) < 4.78 is 0. The summed E-state index contributed by atoms with van der Waals surface area (Å²) in [6.45, 7) is 10.9. The van der Waals surface area contributed by atoms with E-state index < -0.39 is 0 Å². The van der Waals surface area contributed by atoms with Crippen LogP contribution in [-0.2, 0) is 0 Å². The fraction of sp³-hybridized carbons (Fsp3) is 1.00. The first-order chi connectivity index (χ1) is 14.3. The van der Waals surface area contributed by atoms with Crippen molar-refractivity contribution in [2.45, 2.75) is 162 Å². The van der Waals surface area contributed by atoms with E-state index in [1.54, 1.807) is 0 Å². The summed E-state index contributed by atoms with van der Waals surface area (Å²) in [5.41, 5.74) is 0. The number of unbranched alkanes of at least 4 members (excludes halogenated alkanes) is 20. The lowest BCUT2D eigenvalue weighted by atomic mass is 10.1. The predicted molar refractivity (Wildman–Crippen MR) is 135 cm³/mol. The van der Waals surface area contributed by atoms with Crippen LogP contribution < -0.4 is 0 Å². The molecular formula is C28H59N. The van der Waals surface area contributed by atoms with Crippen molar-refractivity contribution in [3.63, 3.8) is 0 Å². The van der Waals surface area contributed by atoms with Crippen LogP contribution in [0, 0.1) is 0 Å². The minimum atomic E-state index is 1.25. The molecule has 1 nitrogen and oxygen atoms in total. The second-order valence-corrected chi connectivity index (χ2v) is 9.51. The van der Waals surface area contributed by atoms with Gasteiger partial charge in [0.1, 0.15) is 0 Å². The fourth-order valence-electron chi connectivity index (χ4n) is 4.43. The van der Waals surface area contributed by atoms with Crippen molar-refractivity contribution in [1.29, 1.82) is 0 Å². The maximum atomic E-state index is 2.70. The van der Waals surface area contributed by atoms with Gasteiger partial charge >= 0.3 is 0 Å². The predicted octanol–water partition coefficient (Wildman–Crippen LogP) is 9.93. The van der Waals surface area contributed by atoms with E-state index in [2.05, 4.69) is 25.7 Å². The Bertz CT molecular complexity index is 275. The third-order valence-electron chi connectivity index (χ3n) is 6.60. The summed E-state index contributed by atoms with van der Waals surface area (Å²) in [5, 5.41) is 0. The van der Waals surface area contributed by atoms with Gasteiger partial charge in [0, 0.05) is 0 Å². The molecule has 0 aliphatic carbocycles. The van der Waals surface area contributed by atoms with E-state index in [0.717, 1.165) is 0 Å². The first-order valence-electron chi connectivity index (χ1n) is 14.1. The van der Waals surface area contributed by atoms with Crippen molar-refractivity contribution in [3.05, 3.63) is 0 Å². The van der Waals surface area contributed by atoms with Crippen molar-refractivity contribution < 1.29 is 0 Å². The first kappa shape index (κ1) is 29.0. The maximum Gasteiger partial charge on any atom is -0.00189 e. The van der Waals surface area contributed by atoms with Gasteiger partial charge < -0.3 is 4.90 Å². The summed E-state index contributed by atoms with van der Waals surface area (Å²) in [6, 6.07) is 0. The van der Waals surface area contributed by atoms with Crippen LogP contribution in [0.3, 0.4) is 0 Å². The van der Waals surface area contributed by atoms with Gasteiger partial charge in [0.15, 0.2) is 0 Å². The van der Waals surface area contributed by atoms with E-state index in [4.69, 9.17) is 0 Å². The van der Waals surface area contributed by atoms with Crippen LogP contribution in [-0.4, -0.2) is 24.5 Å². The average molecular weight is 410 g/mol. The molecule has 0 atom stereocenters. The zero-order chi connectivity index (χ0) is 21.3. The summed E-state index contributed by atoms with van der Waals surface area (Å²) in [7, 11) is 0. The van der Waals surface area contributed by atoms with Crippen LogP contribution in [0.4, 0.5) is 0 Å². The van der Waals surface area contributed by atoms with Crippen LogP contribution in [0.15, 0.2) is 0 Å². The molecule has 0 saturated carbocycles. The molecule has 0 rings (SSSR count). The lowest BCUT2D eigenvalue weighted by Crippen LogP contribution is -2.25. The highest BCUT2D eigenvalue weighted by molar-refractivity contribution is 4.57. The van der Waals surface area contributed by atoms with Gasteiger partial charge in [-0.1, -0.05) is 149 Å². The molecule has 0 aliphatic heterocycles. The molecule has 0 amide bonds. The van der Waals surface area contributed by atoms with Crippen molar-refractivity contribution >= 4 is 0 Å². The molecule has 0 aromatic heterocycles. The lowest BCUT2D eigenvalue weighted by molar-refractivity contribution is 0.273. The minimum Gasteiger partial charge on any atom is -0.304 e. The Morgan fingerprint density at radius 3 is 0.793 bits per heavy atom. The molecule has 0 aromatic rings. The molecular weight excluding hydrogens is 350 g/mol. The highest BCUT2D eigenvalue weighted by Gasteiger charge is 2.02. The van der Waals surface area contributed by atoms with E-state index in [9.17, 15) is 0 Å². The standard InChI is InChI=1S/C28H59N/c1-4-7-9-11-13-15-17-18-20-22-24-26-28-29(6-3)27-25-23-21-19-16-14-12-10-8-5-2/h4-28H2,1-3H3. The summed E-state index contributed by atoms with van der Waals surface area (Å²) in [5.74, 6) is 0. The van der Waals surface area contributed by atoms with Crippen molar-refractivity contribution in [2.24, 2.45) is 0 Å². The molecule has 0 heterocycles. The van der Waals surface area contributed by atoms with Crippen molar-refractivity contribution in [2.75, 3.05) is 19.6 Å². The zero-order valence-corrected chi connectivity index (χ0v) is 21.1. The molecule has 0 radical (unpaired) electrons. The highest BCUT2D eigenvalue weighted by Crippen LogP contribution is 2.13. The Balaban J connectivity index is 3.27. The van der Waals surface area contributed by atoms with E-state index >= 15 is 0 Å². The van der Waals surface area contributed by atoms with Gasteiger partial charge in [-0.2, -0.15) is 0 Å². The van der Waals surface area contributed by atoms with Gasteiger partial charge in [-0.3, -0.25) is 0 Å². The third-order valence-corrected chi connectivity index (χ3v) is 6.60. The van der Waals surface area contributed by atoms with Gasteiger partial charge in [-0.25, -0.2) is 0 Å². The van der Waals surface area contributed by atoms with Crippen LogP contribution in [0.2, 0.25) is 0 Å². The van der Waals surface area contributed by atoms with E-state index in [1.807, 2.05) is 0 Å². The summed E-state index contributed by atoms with van der Waals surface area (Å²) in [4.78, 5) is 2.70. The molecule has 0 saturated heterocycles. The molecule has 0 N–H and O–H groups in total. The second kappa shape index (κ2) is 26.0. The maximum absolute atomic E-state index is 2.70. The number of nitrogens with zero attached hydrogens (tertiary/aromatic N) is 1. The Hall–Kier alpha value is -0.0400. The van der Waals surface area contributed by atoms with Gasteiger partial charge in [-0.05, 0) is 32.5 Å². The highest BCUT2D eigenvalue weighted by atomic mass is 15.1. The Labute approximate surface area is 186 Å². The molecule has 176 valence electrons. The fourth-order valence-corrected chi connectivity index (χ4v) is 4.43. The Morgan fingerprint density at radius 1 is 0.310 bits per heavy atom. The average Bonchev–Trinajstić information content (AvgIpc) is 2.74. The van der Waals surface area contributed by atoms with Crippen molar-refractivity contribution in [3.8, 4) is 0 Å². The van der Waals surface area contributed by atoms with Crippen LogP contribution in [0.1, 0.15) is 162 Å². The molecule has 0 spiro atoms. The van der Waals surface area contributed by atoms with E-state index in [1.165, 1.54) is 161 Å². The molecule has 1 heteroatoms. The van der Waals surface area contributed by atoms with E-state index in [-0.39, 0.29) is 0 Å². The SMILES string of the molecule is CCCCCCCCCCCCCCN(CC)CCCCCCCCCCCC. The monoisotopic (exact) mass is 409 g/mol. The Kier molecular flexibility index (Phi) is 26.0. The molecule has 29 heavy (non-hydrogen) atoms. The third kappa shape index (κ3) is 24.1. The van der Waals surface area contributed by atoms with Gasteiger partial charge in [-0.15, -0.1) is 0 Å². The number of hydrogen-bond donors (Lipinski definition) is 0. The minimum absolute atomic E-state index is 1.25. The smallest absolute Gasteiger partial charge is 0.00189 e. The largest absolute Gasteiger partial charge is 0.304 e. The zero-order valence-electron chi connectivity index (χ0n) is 21.1. The first-order valence-corrected chi connectivity index (χ1v) is 14.1. The molecule has 0 bridgehead atoms. The van der Waals surface area contributed by atoms with Crippen LogP contribution >= 0.6 is 0 Å². The Morgan fingerprint density at radius 2 is 0.552 bits per heavy atom. The topological polar surface area (TPSA) is 3.24 Å². The van der Waals surface area contributed by atoms with Gasteiger partial charge in [0.2, 0.25) is 0 Å². The summed E-state index contributed by atoms with van der Waals surface area (Å²) >= 11 is 0. The van der Waals surface area contributed by atoms with E-state index in [0.29, 0.717) is 0 Å². The van der Waals surface area contributed by atoms with Gasteiger partial charge in [0.05, 0.1) is 0 Å².